The summed E-state index contributed by atoms with van der Waals surface area (Å²) in [7, 11) is 1.50. The van der Waals surface area contributed by atoms with Crippen molar-refractivity contribution in [3.05, 3.63) is 41.6 Å². The zero-order valence-corrected chi connectivity index (χ0v) is 13.2. The van der Waals surface area contributed by atoms with Gasteiger partial charge < -0.3 is 14.2 Å². The number of oxime groups is 2. The van der Waals surface area contributed by atoms with E-state index < -0.39 is 0 Å². The van der Waals surface area contributed by atoms with Gasteiger partial charge in [-0.25, -0.2) is 0 Å². The maximum absolute atomic E-state index is 5.25. The molecule has 116 valence electrons. The van der Waals surface area contributed by atoms with Crippen LogP contribution in [0.3, 0.4) is 0 Å². The molecule has 2 rings (SSSR count). The van der Waals surface area contributed by atoms with Crippen molar-refractivity contribution >= 4 is 11.4 Å². The van der Waals surface area contributed by atoms with E-state index in [4.69, 9.17) is 14.2 Å². The number of rotatable bonds is 6. The highest BCUT2D eigenvalue weighted by Crippen LogP contribution is 2.21. The zero-order chi connectivity index (χ0) is 15.9. The Labute approximate surface area is 129 Å². The summed E-state index contributed by atoms with van der Waals surface area (Å²) in [5, 5.41) is 11.9. The highest BCUT2D eigenvalue weighted by molar-refractivity contribution is 6.47. The molecule has 0 fully saturated rings. The van der Waals surface area contributed by atoms with Crippen molar-refractivity contribution in [1.29, 1.82) is 0 Å². The van der Waals surface area contributed by atoms with E-state index in [9.17, 15) is 0 Å². The van der Waals surface area contributed by atoms with Crippen LogP contribution in [0.4, 0.5) is 0 Å². The molecule has 0 aliphatic carbocycles. The third-order valence-corrected chi connectivity index (χ3v) is 2.93. The van der Waals surface area contributed by atoms with Crippen molar-refractivity contribution < 1.29 is 14.2 Å². The van der Waals surface area contributed by atoms with E-state index in [-0.39, 0.29) is 0 Å². The van der Waals surface area contributed by atoms with Gasteiger partial charge in [0.25, 0.3) is 0 Å². The Morgan fingerprint density at radius 3 is 2.50 bits per heavy atom. The summed E-state index contributed by atoms with van der Waals surface area (Å²) in [6.45, 7) is 6.06. The summed E-state index contributed by atoms with van der Waals surface area (Å²) in [6, 6.07) is 9.63. The van der Waals surface area contributed by atoms with Crippen LogP contribution in [0.15, 0.2) is 45.2 Å². The third kappa shape index (κ3) is 3.72. The van der Waals surface area contributed by atoms with Crippen LogP contribution >= 0.6 is 0 Å². The number of aryl methyl sites for hydroxylation is 1. The Balaban J connectivity index is 2.31. The van der Waals surface area contributed by atoms with Crippen LogP contribution in [-0.2, 0) is 9.68 Å². The van der Waals surface area contributed by atoms with Gasteiger partial charge in [0.1, 0.15) is 25.1 Å². The summed E-state index contributed by atoms with van der Waals surface area (Å²) >= 11 is 0. The molecule has 0 saturated carbocycles. The molecule has 2 aromatic rings. The van der Waals surface area contributed by atoms with Gasteiger partial charge in [-0.05, 0) is 20.8 Å². The lowest BCUT2D eigenvalue weighted by Crippen LogP contribution is -2.13. The fourth-order valence-corrected chi connectivity index (χ4v) is 1.93. The molecular formula is C16H19N3O3. The molecule has 0 saturated heterocycles. The van der Waals surface area contributed by atoms with Gasteiger partial charge in [-0.1, -0.05) is 39.7 Å². The minimum absolute atomic E-state index is 0.485. The second kappa shape index (κ2) is 7.40. The second-order valence-electron chi connectivity index (χ2n) is 4.63. The highest BCUT2D eigenvalue weighted by atomic mass is 16.6. The van der Waals surface area contributed by atoms with Crippen LogP contribution in [0.5, 0.6) is 0 Å². The van der Waals surface area contributed by atoms with Gasteiger partial charge in [-0.3, -0.25) is 0 Å². The highest BCUT2D eigenvalue weighted by Gasteiger charge is 2.11. The summed E-state index contributed by atoms with van der Waals surface area (Å²) < 4.78 is 5.25. The van der Waals surface area contributed by atoms with Gasteiger partial charge >= 0.3 is 0 Å². The summed E-state index contributed by atoms with van der Waals surface area (Å²) in [4.78, 5) is 9.97. The fraction of sp³-hybridized carbons (Fsp3) is 0.312. The molecule has 0 N–H and O–H groups in total. The maximum atomic E-state index is 5.25. The molecule has 22 heavy (non-hydrogen) atoms. The Bertz CT molecular complexity index is 672. The monoisotopic (exact) mass is 301 g/mol. The van der Waals surface area contributed by atoms with Crippen LogP contribution < -0.4 is 0 Å². The largest absolute Gasteiger partial charge is 0.399 e. The van der Waals surface area contributed by atoms with Crippen LogP contribution in [0, 0.1) is 6.92 Å². The summed E-state index contributed by atoms with van der Waals surface area (Å²) in [5.41, 5.74) is 3.94. The van der Waals surface area contributed by atoms with Crippen LogP contribution in [-0.4, -0.2) is 30.3 Å². The van der Waals surface area contributed by atoms with E-state index >= 15 is 0 Å². The van der Waals surface area contributed by atoms with E-state index in [0.717, 1.165) is 22.6 Å². The van der Waals surface area contributed by atoms with Crippen molar-refractivity contribution in [3.63, 3.8) is 0 Å². The first-order valence-corrected chi connectivity index (χ1v) is 6.98. The Kier molecular flexibility index (Phi) is 5.30. The number of aromatic nitrogens is 1. The van der Waals surface area contributed by atoms with E-state index in [1.807, 2.05) is 51.1 Å². The van der Waals surface area contributed by atoms with Gasteiger partial charge in [-0.2, -0.15) is 0 Å². The van der Waals surface area contributed by atoms with Gasteiger partial charge in [0.15, 0.2) is 5.76 Å². The van der Waals surface area contributed by atoms with Gasteiger partial charge in [0, 0.05) is 17.2 Å². The molecule has 0 amide bonds. The first-order chi connectivity index (χ1) is 10.7. The molecule has 0 aliphatic rings. The average molecular weight is 301 g/mol. The standard InChI is InChI=1S/C16H19N3O3/c1-5-21-19-16(12(3)18-20-4)14-8-6-13(7-9-14)15-10-11(2)17-22-15/h6-10H,5H2,1-4H3. The molecule has 0 radical (unpaired) electrons. The lowest BCUT2D eigenvalue weighted by atomic mass is 10.0. The van der Waals surface area contributed by atoms with Crippen LogP contribution in [0.25, 0.3) is 11.3 Å². The van der Waals surface area contributed by atoms with E-state index in [0.29, 0.717) is 18.0 Å². The Hall–Kier alpha value is -2.63. The lowest BCUT2D eigenvalue weighted by molar-refractivity contribution is 0.159. The van der Waals surface area contributed by atoms with E-state index in [1.54, 1.807) is 0 Å². The van der Waals surface area contributed by atoms with Crippen LogP contribution in [0.1, 0.15) is 25.1 Å². The molecule has 1 aromatic heterocycles. The van der Waals surface area contributed by atoms with E-state index in [1.165, 1.54) is 7.11 Å². The Morgan fingerprint density at radius 1 is 1.23 bits per heavy atom. The van der Waals surface area contributed by atoms with Crippen molar-refractivity contribution in [3.8, 4) is 11.3 Å². The predicted octanol–water partition coefficient (Wildman–Crippen LogP) is 3.41. The van der Waals surface area contributed by atoms with Gasteiger partial charge in [0.05, 0.1) is 5.69 Å². The average Bonchev–Trinajstić information content (AvgIpc) is 2.95. The minimum Gasteiger partial charge on any atom is -0.399 e. The summed E-state index contributed by atoms with van der Waals surface area (Å²) in [5.74, 6) is 0.731. The third-order valence-electron chi connectivity index (χ3n) is 2.93. The minimum atomic E-state index is 0.485. The fourth-order valence-electron chi connectivity index (χ4n) is 1.93. The van der Waals surface area contributed by atoms with E-state index in [2.05, 4.69) is 15.5 Å². The van der Waals surface area contributed by atoms with Crippen molar-refractivity contribution in [1.82, 2.24) is 5.16 Å². The topological polar surface area (TPSA) is 69.2 Å². The molecule has 6 heteroatoms. The Morgan fingerprint density at radius 2 is 1.95 bits per heavy atom. The molecule has 6 nitrogen and oxygen atoms in total. The lowest BCUT2D eigenvalue weighted by Gasteiger charge is -2.06. The number of hydrogen-bond acceptors (Lipinski definition) is 6. The maximum Gasteiger partial charge on any atom is 0.167 e. The van der Waals surface area contributed by atoms with Crippen molar-refractivity contribution in [2.24, 2.45) is 10.3 Å². The van der Waals surface area contributed by atoms with Gasteiger partial charge in [-0.15, -0.1) is 0 Å². The number of benzene rings is 1. The molecule has 0 aliphatic heterocycles. The second-order valence-corrected chi connectivity index (χ2v) is 4.63. The van der Waals surface area contributed by atoms with Crippen molar-refractivity contribution in [2.45, 2.75) is 20.8 Å². The van der Waals surface area contributed by atoms with Gasteiger partial charge in [0.2, 0.25) is 0 Å². The normalized spacial score (nSPS) is 12.4. The first-order valence-electron chi connectivity index (χ1n) is 6.98. The molecule has 1 heterocycles. The predicted molar refractivity (Wildman–Crippen MR) is 85.0 cm³/mol. The number of nitrogens with zero attached hydrogens (tertiary/aromatic N) is 3. The molecule has 1 aromatic carbocycles. The molecular weight excluding hydrogens is 282 g/mol. The van der Waals surface area contributed by atoms with Crippen LogP contribution in [0.2, 0.25) is 0 Å². The summed E-state index contributed by atoms with van der Waals surface area (Å²) in [6.07, 6.45) is 0. The molecule has 0 spiro atoms. The quantitative estimate of drug-likeness (QED) is 0.605. The zero-order valence-electron chi connectivity index (χ0n) is 13.2. The smallest absolute Gasteiger partial charge is 0.167 e. The first kappa shape index (κ1) is 15.8. The SMILES string of the molecule is CCON=C(C(C)=NOC)c1ccc(-c2cc(C)no2)cc1. The molecule has 0 bridgehead atoms. The van der Waals surface area contributed by atoms with Crippen molar-refractivity contribution in [2.75, 3.05) is 13.7 Å². The number of hydrogen-bond donors (Lipinski definition) is 0. The molecule has 0 unspecified atom stereocenters. The molecule has 0 atom stereocenters.